The van der Waals surface area contributed by atoms with Crippen molar-refractivity contribution in [3.8, 4) is 12.1 Å². The molecule has 0 aliphatic heterocycles. The Morgan fingerprint density at radius 1 is 0.800 bits per heavy atom. The van der Waals surface area contributed by atoms with E-state index in [-0.39, 0.29) is 11.4 Å². The molecule has 0 aliphatic carbocycles. The van der Waals surface area contributed by atoms with Gasteiger partial charge in [-0.05, 0) is 0 Å². The van der Waals surface area contributed by atoms with Crippen LogP contribution in [0.5, 0.6) is 0 Å². The topological polar surface area (TPSA) is 106 Å². The Morgan fingerprint density at radius 3 is 1.30 bits per heavy atom. The summed E-state index contributed by atoms with van der Waals surface area (Å²) in [5, 5.41) is 21.2. The van der Waals surface area contributed by atoms with Crippen LogP contribution in [0.15, 0.2) is 32.5 Å². The number of amides is 2. The van der Waals surface area contributed by atoms with Crippen molar-refractivity contribution in [3.05, 3.63) is 32.5 Å². The standard InChI is InChI=1S/C10H4Cl4N4O2/c11-9(12)5(3-15)17-7(19)1-2-8(20)18-6(4-16)10(13)14/h1-2H,(H,17,19)(H,18,20). The van der Waals surface area contributed by atoms with Crippen LogP contribution in [-0.4, -0.2) is 11.8 Å². The van der Waals surface area contributed by atoms with Gasteiger partial charge in [0, 0.05) is 12.2 Å². The number of allylic oxidation sites excluding steroid dienone is 2. The first-order chi connectivity index (χ1) is 9.31. The molecule has 0 aromatic heterocycles. The maximum atomic E-state index is 11.3. The molecule has 20 heavy (non-hydrogen) atoms. The predicted molar refractivity (Wildman–Crippen MR) is 74.1 cm³/mol. The van der Waals surface area contributed by atoms with E-state index in [1.165, 1.54) is 0 Å². The van der Waals surface area contributed by atoms with E-state index >= 15 is 0 Å². The van der Waals surface area contributed by atoms with Gasteiger partial charge in [0.05, 0.1) is 0 Å². The van der Waals surface area contributed by atoms with Gasteiger partial charge in [-0.1, -0.05) is 46.4 Å². The molecule has 6 nitrogen and oxygen atoms in total. The maximum absolute atomic E-state index is 11.3. The Kier molecular flexibility index (Phi) is 8.46. The van der Waals surface area contributed by atoms with Crippen molar-refractivity contribution < 1.29 is 9.59 Å². The molecular weight excluding hydrogens is 350 g/mol. The van der Waals surface area contributed by atoms with Gasteiger partial charge < -0.3 is 10.6 Å². The monoisotopic (exact) mass is 352 g/mol. The first-order valence-electron chi connectivity index (χ1n) is 4.52. The first-order valence-corrected chi connectivity index (χ1v) is 6.03. The van der Waals surface area contributed by atoms with E-state index in [1.807, 2.05) is 10.6 Å². The van der Waals surface area contributed by atoms with Crippen LogP contribution >= 0.6 is 46.4 Å². The van der Waals surface area contributed by atoms with Crippen LogP contribution in [0.3, 0.4) is 0 Å². The number of rotatable bonds is 4. The lowest BCUT2D eigenvalue weighted by Gasteiger charge is -2.00. The van der Waals surface area contributed by atoms with Gasteiger partial charge in [-0.3, -0.25) is 9.59 Å². The Morgan fingerprint density at radius 2 is 1.10 bits per heavy atom. The first kappa shape index (κ1) is 18.3. The molecule has 0 fully saturated rings. The van der Waals surface area contributed by atoms with E-state index in [9.17, 15) is 9.59 Å². The van der Waals surface area contributed by atoms with E-state index in [0.717, 1.165) is 12.2 Å². The van der Waals surface area contributed by atoms with Crippen LogP contribution in [0.4, 0.5) is 0 Å². The lowest BCUT2D eigenvalue weighted by molar-refractivity contribution is -0.118. The lowest BCUT2D eigenvalue weighted by Crippen LogP contribution is -2.23. The summed E-state index contributed by atoms with van der Waals surface area (Å²) in [5.74, 6) is -1.65. The second-order valence-corrected chi connectivity index (χ2v) is 4.71. The molecule has 0 radical (unpaired) electrons. The number of hydrogen-bond donors (Lipinski definition) is 2. The molecule has 0 rings (SSSR count). The van der Waals surface area contributed by atoms with E-state index in [0.29, 0.717) is 0 Å². The SMILES string of the molecule is N#CC(NC(=O)C=CC(=O)NC(C#N)=C(Cl)Cl)=C(Cl)Cl. The largest absolute Gasteiger partial charge is 0.312 e. The molecule has 0 aliphatic rings. The molecule has 0 heterocycles. The minimum absolute atomic E-state index is 0.371. The van der Waals surface area contributed by atoms with Crippen molar-refractivity contribution in [1.82, 2.24) is 10.6 Å². The second kappa shape index (κ2) is 9.24. The third-order valence-electron chi connectivity index (χ3n) is 1.48. The minimum atomic E-state index is -0.824. The fourth-order valence-electron chi connectivity index (χ4n) is 0.716. The summed E-state index contributed by atoms with van der Waals surface area (Å²) in [4.78, 5) is 22.6. The molecule has 0 unspecified atom stereocenters. The number of carbonyl (C=O) groups is 2. The van der Waals surface area contributed by atoms with Gasteiger partial charge in [0.1, 0.15) is 21.1 Å². The van der Waals surface area contributed by atoms with Crippen molar-refractivity contribution in [2.75, 3.05) is 0 Å². The Bertz CT molecular complexity index is 535. The van der Waals surface area contributed by atoms with Crippen LogP contribution in [0.2, 0.25) is 0 Å². The normalized spacial score (nSPS) is 9.10. The van der Waals surface area contributed by atoms with Crippen LogP contribution in [0.1, 0.15) is 0 Å². The summed E-state index contributed by atoms with van der Waals surface area (Å²) < 4.78 is -0.857. The zero-order chi connectivity index (χ0) is 15.7. The van der Waals surface area contributed by atoms with Gasteiger partial charge in [-0.25, -0.2) is 0 Å². The van der Waals surface area contributed by atoms with Crippen LogP contribution in [0.25, 0.3) is 0 Å². The summed E-state index contributed by atoms with van der Waals surface area (Å²) in [6.07, 6.45) is 1.58. The summed E-state index contributed by atoms with van der Waals surface area (Å²) in [6.45, 7) is 0. The Balaban J connectivity index is 4.68. The van der Waals surface area contributed by atoms with Crippen molar-refractivity contribution in [3.63, 3.8) is 0 Å². The third kappa shape index (κ3) is 7.03. The van der Waals surface area contributed by atoms with Crippen molar-refractivity contribution in [2.45, 2.75) is 0 Å². The molecule has 2 amide bonds. The van der Waals surface area contributed by atoms with Crippen molar-refractivity contribution in [2.24, 2.45) is 0 Å². The fourth-order valence-corrected chi connectivity index (χ4v) is 1.07. The molecule has 10 heteroatoms. The number of nitriles is 2. The highest BCUT2D eigenvalue weighted by molar-refractivity contribution is 6.56. The molecule has 0 spiro atoms. The van der Waals surface area contributed by atoms with E-state index < -0.39 is 20.8 Å². The average molecular weight is 354 g/mol. The number of nitrogens with one attached hydrogen (secondary N) is 2. The Hall–Kier alpha value is -1.70. The third-order valence-corrected chi connectivity index (χ3v) is 2.24. The molecule has 0 saturated heterocycles. The number of nitrogens with zero attached hydrogens (tertiary/aromatic N) is 2. The summed E-state index contributed by atoms with van der Waals surface area (Å²) in [5.41, 5.74) is -0.741. The van der Waals surface area contributed by atoms with Crippen LogP contribution < -0.4 is 10.6 Å². The average Bonchev–Trinajstić information content (AvgIpc) is 2.38. The van der Waals surface area contributed by atoms with Gasteiger partial charge in [0.25, 0.3) is 0 Å². The Labute approximate surface area is 133 Å². The summed E-state index contributed by atoms with van der Waals surface area (Å²) >= 11 is 21.2. The highest BCUT2D eigenvalue weighted by Gasteiger charge is 2.07. The highest BCUT2D eigenvalue weighted by Crippen LogP contribution is 2.11. The van der Waals surface area contributed by atoms with E-state index in [1.54, 1.807) is 12.1 Å². The molecular formula is C10H4Cl4N4O2. The smallest absolute Gasteiger partial charge is 0.249 e. The lowest BCUT2D eigenvalue weighted by atomic mass is 10.4. The molecule has 0 saturated carbocycles. The second-order valence-electron chi connectivity index (χ2n) is 2.81. The number of carbonyl (C=O) groups excluding carboxylic acids is 2. The zero-order valence-electron chi connectivity index (χ0n) is 9.38. The van der Waals surface area contributed by atoms with Gasteiger partial charge in [0.15, 0.2) is 11.4 Å². The van der Waals surface area contributed by atoms with Gasteiger partial charge >= 0.3 is 0 Å². The summed E-state index contributed by atoms with van der Waals surface area (Å²) in [7, 11) is 0. The maximum Gasteiger partial charge on any atom is 0.249 e. The fraction of sp³-hybridized carbons (Fsp3) is 0. The molecule has 0 bridgehead atoms. The highest BCUT2D eigenvalue weighted by atomic mass is 35.5. The van der Waals surface area contributed by atoms with Crippen molar-refractivity contribution in [1.29, 1.82) is 10.5 Å². The minimum Gasteiger partial charge on any atom is -0.312 e. The van der Waals surface area contributed by atoms with Gasteiger partial charge in [0.2, 0.25) is 11.8 Å². The van der Waals surface area contributed by atoms with E-state index in [2.05, 4.69) is 0 Å². The molecule has 104 valence electrons. The predicted octanol–water partition coefficient (Wildman–Crippen LogP) is 2.12. The van der Waals surface area contributed by atoms with Crippen LogP contribution in [0, 0.1) is 22.7 Å². The van der Waals surface area contributed by atoms with Gasteiger partial charge in [-0.2, -0.15) is 10.5 Å². The molecule has 2 N–H and O–H groups in total. The number of hydrogen-bond acceptors (Lipinski definition) is 4. The zero-order valence-corrected chi connectivity index (χ0v) is 12.4. The molecule has 0 aromatic carbocycles. The summed E-state index contributed by atoms with van der Waals surface area (Å²) in [6, 6.07) is 3.08. The number of halogens is 4. The molecule has 0 aromatic rings. The van der Waals surface area contributed by atoms with Crippen LogP contribution in [-0.2, 0) is 9.59 Å². The van der Waals surface area contributed by atoms with E-state index in [4.69, 9.17) is 56.9 Å². The van der Waals surface area contributed by atoms with Crippen molar-refractivity contribution >= 4 is 58.2 Å². The quantitative estimate of drug-likeness (QED) is 0.596. The van der Waals surface area contributed by atoms with Gasteiger partial charge in [-0.15, -0.1) is 0 Å². The molecule has 0 atom stereocenters.